The first kappa shape index (κ1) is 20.5. The Hall–Kier alpha value is -2.78. The Bertz CT molecular complexity index is 957. The molecule has 0 heterocycles. The Morgan fingerprint density at radius 3 is 2.19 bits per heavy atom. The van der Waals surface area contributed by atoms with Gasteiger partial charge in [0.05, 0.1) is 31.8 Å². The van der Waals surface area contributed by atoms with E-state index < -0.39 is 15.9 Å². The molecule has 9 heteroatoms. The van der Waals surface area contributed by atoms with E-state index >= 15 is 0 Å². The number of nitrogens with one attached hydrogen (secondary N) is 2. The van der Waals surface area contributed by atoms with Gasteiger partial charge in [-0.3, -0.25) is 4.79 Å². The van der Waals surface area contributed by atoms with E-state index in [1.165, 1.54) is 40.5 Å². The van der Waals surface area contributed by atoms with Crippen LogP contribution in [0.15, 0.2) is 35.2 Å². The SMILES string of the molecule is CNS(=O)(=O)c1cc(NC(=O)c2ccc(OC)c(OC)c2OC)ccc1C. The van der Waals surface area contributed by atoms with Gasteiger partial charge in [0.2, 0.25) is 15.8 Å². The van der Waals surface area contributed by atoms with Crippen LogP contribution in [0.5, 0.6) is 17.2 Å². The molecule has 0 aliphatic heterocycles. The third-order valence-electron chi connectivity index (χ3n) is 3.95. The van der Waals surface area contributed by atoms with Crippen LogP contribution in [0.2, 0.25) is 0 Å². The molecule has 0 aromatic heterocycles. The molecule has 0 saturated carbocycles. The average Bonchev–Trinajstić information content (AvgIpc) is 2.67. The standard InChI is InChI=1S/C18H22N2O6S/c1-11-6-7-12(10-15(11)27(22,23)19-2)20-18(21)13-8-9-14(24-3)17(26-5)16(13)25-4/h6-10,19H,1-5H3,(H,20,21). The van der Waals surface area contributed by atoms with Crippen molar-refractivity contribution in [3.63, 3.8) is 0 Å². The van der Waals surface area contributed by atoms with Crippen LogP contribution in [-0.4, -0.2) is 42.7 Å². The van der Waals surface area contributed by atoms with Crippen LogP contribution in [0.25, 0.3) is 0 Å². The second-order valence-corrected chi connectivity index (χ2v) is 7.38. The first-order valence-electron chi connectivity index (χ1n) is 7.93. The van der Waals surface area contributed by atoms with E-state index in [9.17, 15) is 13.2 Å². The van der Waals surface area contributed by atoms with E-state index in [4.69, 9.17) is 14.2 Å². The second kappa shape index (κ2) is 8.28. The quantitative estimate of drug-likeness (QED) is 0.746. The van der Waals surface area contributed by atoms with E-state index in [2.05, 4.69) is 10.0 Å². The fraction of sp³-hybridized carbons (Fsp3) is 0.278. The molecule has 2 aromatic carbocycles. The van der Waals surface area contributed by atoms with E-state index in [1.54, 1.807) is 25.1 Å². The second-order valence-electron chi connectivity index (χ2n) is 5.52. The molecule has 0 saturated heterocycles. The normalized spacial score (nSPS) is 11.0. The number of carbonyl (C=O) groups is 1. The van der Waals surface area contributed by atoms with Gasteiger partial charge >= 0.3 is 0 Å². The fourth-order valence-electron chi connectivity index (χ4n) is 2.56. The van der Waals surface area contributed by atoms with E-state index in [-0.39, 0.29) is 22.0 Å². The van der Waals surface area contributed by atoms with Gasteiger partial charge in [-0.25, -0.2) is 13.1 Å². The van der Waals surface area contributed by atoms with Gasteiger partial charge in [0.25, 0.3) is 5.91 Å². The number of benzene rings is 2. The van der Waals surface area contributed by atoms with Crippen LogP contribution in [0.1, 0.15) is 15.9 Å². The summed E-state index contributed by atoms with van der Waals surface area (Å²) in [6.45, 7) is 1.67. The van der Waals surface area contributed by atoms with Crippen molar-refractivity contribution in [3.05, 3.63) is 41.5 Å². The predicted molar refractivity (Wildman–Crippen MR) is 101 cm³/mol. The highest BCUT2D eigenvalue weighted by Gasteiger charge is 2.21. The van der Waals surface area contributed by atoms with Gasteiger partial charge in [0, 0.05) is 5.69 Å². The number of rotatable bonds is 7. The Kier molecular flexibility index (Phi) is 6.29. The van der Waals surface area contributed by atoms with E-state index in [0.29, 0.717) is 17.0 Å². The predicted octanol–water partition coefficient (Wildman–Crippen LogP) is 2.18. The average molecular weight is 394 g/mol. The van der Waals surface area contributed by atoms with Crippen molar-refractivity contribution in [2.24, 2.45) is 0 Å². The van der Waals surface area contributed by atoms with Crippen LogP contribution in [0.3, 0.4) is 0 Å². The summed E-state index contributed by atoms with van der Waals surface area (Å²) in [5.41, 5.74) is 1.11. The van der Waals surface area contributed by atoms with Crippen LogP contribution in [-0.2, 0) is 10.0 Å². The molecule has 146 valence electrons. The first-order chi connectivity index (χ1) is 12.8. The molecular weight excluding hydrogens is 372 g/mol. The van der Waals surface area contributed by atoms with E-state index in [1.807, 2.05) is 0 Å². The molecule has 0 unspecified atom stereocenters. The largest absolute Gasteiger partial charge is 0.493 e. The maximum absolute atomic E-state index is 12.7. The Morgan fingerprint density at radius 1 is 0.963 bits per heavy atom. The first-order valence-corrected chi connectivity index (χ1v) is 9.41. The summed E-state index contributed by atoms with van der Waals surface area (Å²) in [7, 11) is 2.02. The molecule has 0 aliphatic rings. The van der Waals surface area contributed by atoms with Crippen molar-refractivity contribution in [1.82, 2.24) is 4.72 Å². The summed E-state index contributed by atoms with van der Waals surface area (Å²) in [5, 5.41) is 2.68. The number of anilines is 1. The van der Waals surface area contributed by atoms with Gasteiger partial charge in [0.15, 0.2) is 11.5 Å². The van der Waals surface area contributed by atoms with Gasteiger partial charge in [-0.05, 0) is 43.8 Å². The summed E-state index contributed by atoms with van der Waals surface area (Å²) in [6, 6.07) is 7.75. The maximum atomic E-state index is 12.7. The summed E-state index contributed by atoms with van der Waals surface area (Å²) in [4.78, 5) is 12.8. The molecule has 2 rings (SSSR count). The minimum Gasteiger partial charge on any atom is -0.493 e. The number of aryl methyl sites for hydroxylation is 1. The topological polar surface area (TPSA) is 103 Å². The Morgan fingerprint density at radius 2 is 1.63 bits per heavy atom. The Balaban J connectivity index is 2.43. The molecular formula is C18H22N2O6S. The van der Waals surface area contributed by atoms with Crippen LogP contribution in [0, 0.1) is 6.92 Å². The van der Waals surface area contributed by atoms with Gasteiger partial charge in [-0.2, -0.15) is 0 Å². The third-order valence-corrected chi connectivity index (χ3v) is 5.51. The van der Waals surface area contributed by atoms with Crippen LogP contribution >= 0.6 is 0 Å². The van der Waals surface area contributed by atoms with Crippen molar-refractivity contribution < 1.29 is 27.4 Å². The van der Waals surface area contributed by atoms with Gasteiger partial charge in [-0.15, -0.1) is 0 Å². The number of ether oxygens (including phenoxy) is 3. The fourth-order valence-corrected chi connectivity index (χ4v) is 3.55. The third kappa shape index (κ3) is 4.15. The molecule has 2 N–H and O–H groups in total. The lowest BCUT2D eigenvalue weighted by molar-refractivity contribution is 0.102. The zero-order valence-electron chi connectivity index (χ0n) is 15.7. The number of sulfonamides is 1. The lowest BCUT2D eigenvalue weighted by Gasteiger charge is -2.16. The van der Waals surface area contributed by atoms with Gasteiger partial charge in [0.1, 0.15) is 0 Å². The minimum absolute atomic E-state index is 0.0853. The molecule has 0 atom stereocenters. The zero-order chi connectivity index (χ0) is 20.2. The summed E-state index contributed by atoms with van der Waals surface area (Å²) in [5.74, 6) is 0.438. The minimum atomic E-state index is -3.65. The smallest absolute Gasteiger partial charge is 0.259 e. The molecule has 8 nitrogen and oxygen atoms in total. The Labute approximate surface area is 158 Å². The van der Waals surface area contributed by atoms with Crippen molar-refractivity contribution in [3.8, 4) is 17.2 Å². The molecule has 0 radical (unpaired) electrons. The monoisotopic (exact) mass is 394 g/mol. The van der Waals surface area contributed by atoms with Gasteiger partial charge in [-0.1, -0.05) is 6.07 Å². The number of hydrogen-bond donors (Lipinski definition) is 2. The van der Waals surface area contributed by atoms with Crippen LogP contribution < -0.4 is 24.2 Å². The molecule has 0 aliphatic carbocycles. The molecule has 0 spiro atoms. The summed E-state index contributed by atoms with van der Waals surface area (Å²) >= 11 is 0. The van der Waals surface area contributed by atoms with Crippen LogP contribution in [0.4, 0.5) is 5.69 Å². The number of hydrogen-bond acceptors (Lipinski definition) is 6. The summed E-state index contributed by atoms with van der Waals surface area (Å²) < 4.78 is 42.3. The van der Waals surface area contributed by atoms with E-state index in [0.717, 1.165) is 0 Å². The van der Waals surface area contributed by atoms with Crippen molar-refractivity contribution >= 4 is 21.6 Å². The highest BCUT2D eigenvalue weighted by molar-refractivity contribution is 7.89. The summed E-state index contributed by atoms with van der Waals surface area (Å²) in [6.07, 6.45) is 0. The number of amides is 1. The lowest BCUT2D eigenvalue weighted by atomic mass is 10.1. The van der Waals surface area contributed by atoms with Crippen molar-refractivity contribution in [2.45, 2.75) is 11.8 Å². The molecule has 27 heavy (non-hydrogen) atoms. The molecule has 1 amide bonds. The lowest BCUT2D eigenvalue weighted by Crippen LogP contribution is -2.20. The highest BCUT2D eigenvalue weighted by Crippen LogP contribution is 2.40. The number of methoxy groups -OCH3 is 3. The number of carbonyl (C=O) groups excluding carboxylic acids is 1. The van der Waals surface area contributed by atoms with Crippen molar-refractivity contribution in [1.29, 1.82) is 0 Å². The molecule has 0 fully saturated rings. The van der Waals surface area contributed by atoms with Gasteiger partial charge < -0.3 is 19.5 Å². The molecule has 0 bridgehead atoms. The van der Waals surface area contributed by atoms with Crippen molar-refractivity contribution in [2.75, 3.05) is 33.7 Å². The zero-order valence-corrected chi connectivity index (χ0v) is 16.6. The maximum Gasteiger partial charge on any atom is 0.259 e. The molecule has 2 aromatic rings. The highest BCUT2D eigenvalue weighted by atomic mass is 32.2.